The van der Waals surface area contributed by atoms with Gasteiger partial charge in [0.2, 0.25) is 0 Å². The average molecular weight is 296 g/mol. The molecule has 0 amide bonds. The van der Waals surface area contributed by atoms with Crippen molar-refractivity contribution in [2.45, 2.75) is 32.1 Å². The van der Waals surface area contributed by atoms with Crippen LogP contribution in [0, 0.1) is 6.92 Å². The molecule has 1 fully saturated rings. The number of rotatable bonds is 2. The van der Waals surface area contributed by atoms with Crippen LogP contribution in [0.4, 0.5) is 0 Å². The number of hydrogen-bond donors (Lipinski definition) is 3. The Hall–Kier alpha value is -2.33. The molecule has 2 aromatic rings. The second kappa shape index (κ2) is 6.90. The Morgan fingerprint density at radius 1 is 1.48 bits per heavy atom. The second-order valence-corrected chi connectivity index (χ2v) is 4.51. The Balaban J connectivity index is 0.000000272. The summed E-state index contributed by atoms with van der Waals surface area (Å²) in [6.45, 7) is 1.58. The van der Waals surface area contributed by atoms with E-state index >= 15 is 0 Å². The minimum atomic E-state index is -0.473. The fourth-order valence-electron chi connectivity index (χ4n) is 1.95. The molecule has 0 unspecified atom stereocenters. The fourth-order valence-corrected chi connectivity index (χ4v) is 1.95. The van der Waals surface area contributed by atoms with Gasteiger partial charge in [0, 0.05) is 11.8 Å². The van der Waals surface area contributed by atoms with Crippen molar-refractivity contribution in [3.05, 3.63) is 38.9 Å². The second-order valence-electron chi connectivity index (χ2n) is 4.51. The first-order valence-corrected chi connectivity index (χ1v) is 6.37. The zero-order valence-electron chi connectivity index (χ0n) is 11.4. The van der Waals surface area contributed by atoms with Gasteiger partial charge in [-0.2, -0.15) is 0 Å². The number of ether oxygens (including phenoxy) is 1. The summed E-state index contributed by atoms with van der Waals surface area (Å²) in [5.41, 5.74) is -0.382. The number of hydrogen-bond acceptors (Lipinski definition) is 7. The van der Waals surface area contributed by atoms with Gasteiger partial charge in [0.05, 0.1) is 12.7 Å². The molecule has 0 aromatic carbocycles. The molecule has 2 aromatic heterocycles. The molecule has 2 atom stereocenters. The van der Waals surface area contributed by atoms with Gasteiger partial charge in [-0.1, -0.05) is 0 Å². The van der Waals surface area contributed by atoms with Gasteiger partial charge in [-0.15, -0.1) is 5.10 Å². The lowest BCUT2D eigenvalue weighted by Crippen LogP contribution is -2.33. The van der Waals surface area contributed by atoms with Crippen LogP contribution in [0.15, 0.2) is 22.1 Å². The van der Waals surface area contributed by atoms with Gasteiger partial charge in [-0.05, 0) is 30.2 Å². The summed E-state index contributed by atoms with van der Waals surface area (Å²) in [6.07, 6.45) is 3.66. The molecule has 3 N–H and O–H groups in total. The first-order valence-electron chi connectivity index (χ1n) is 6.37. The number of aliphatic hydroxyl groups excluding tert-OH is 1. The Morgan fingerprint density at radius 3 is 2.81 bits per heavy atom. The van der Waals surface area contributed by atoms with Crippen LogP contribution in [0.5, 0.6) is 0 Å². The van der Waals surface area contributed by atoms with Gasteiger partial charge in [0.15, 0.2) is 0 Å². The van der Waals surface area contributed by atoms with Crippen molar-refractivity contribution >= 4 is 0 Å². The van der Waals surface area contributed by atoms with Crippen molar-refractivity contribution in [3.63, 3.8) is 0 Å². The maximum absolute atomic E-state index is 11.5. The van der Waals surface area contributed by atoms with E-state index in [0.29, 0.717) is 18.4 Å². The van der Waals surface area contributed by atoms with Crippen LogP contribution >= 0.6 is 0 Å². The smallest absolute Gasteiger partial charge is 0.330 e. The summed E-state index contributed by atoms with van der Waals surface area (Å²) in [7, 11) is 0. The lowest BCUT2D eigenvalue weighted by molar-refractivity contribution is -0.0247. The van der Waals surface area contributed by atoms with E-state index < -0.39 is 5.69 Å². The standard InChI is InChI=1S/C10H14N2O4.CH2N4/c1-6-4-12(10(15)11-9(6)14)8-3-2-7(5-13)16-8;1-2-4-5-3-1/h4,7-8,13H,2-3,5H2,1H3,(H,11,14,15);1H,(H,2,3,4,5)/t7-,8+;/m0./s1. The Morgan fingerprint density at radius 2 is 2.29 bits per heavy atom. The minimum Gasteiger partial charge on any atom is -0.394 e. The van der Waals surface area contributed by atoms with Crippen molar-refractivity contribution < 1.29 is 9.84 Å². The summed E-state index contributed by atoms with van der Waals surface area (Å²) in [5, 5.41) is 21.0. The van der Waals surface area contributed by atoms with Gasteiger partial charge in [-0.3, -0.25) is 14.3 Å². The van der Waals surface area contributed by atoms with Gasteiger partial charge < -0.3 is 9.84 Å². The Kier molecular flexibility index (Phi) is 4.95. The molecule has 114 valence electrons. The number of tetrazole rings is 1. The first-order chi connectivity index (χ1) is 10.1. The number of aliphatic hydroxyl groups is 1. The average Bonchev–Trinajstić information content (AvgIpc) is 3.16. The van der Waals surface area contributed by atoms with Crippen molar-refractivity contribution in [1.82, 2.24) is 30.2 Å². The van der Waals surface area contributed by atoms with E-state index in [0.717, 1.165) is 0 Å². The third kappa shape index (κ3) is 3.83. The molecule has 10 nitrogen and oxygen atoms in total. The Bertz CT molecular complexity index is 647. The number of aromatic amines is 2. The molecule has 21 heavy (non-hydrogen) atoms. The van der Waals surface area contributed by atoms with Crippen LogP contribution in [0.25, 0.3) is 0 Å². The van der Waals surface area contributed by atoms with E-state index in [1.165, 1.54) is 17.1 Å². The zero-order chi connectivity index (χ0) is 15.2. The van der Waals surface area contributed by atoms with Crippen LogP contribution in [-0.4, -0.2) is 48.0 Å². The van der Waals surface area contributed by atoms with Gasteiger partial charge >= 0.3 is 5.69 Å². The zero-order valence-corrected chi connectivity index (χ0v) is 11.4. The topological polar surface area (TPSA) is 139 Å². The number of aromatic nitrogens is 6. The molecule has 0 radical (unpaired) electrons. The first kappa shape index (κ1) is 15.1. The lowest BCUT2D eigenvalue weighted by Gasteiger charge is -2.14. The summed E-state index contributed by atoms with van der Waals surface area (Å²) < 4.78 is 6.83. The normalized spacial score (nSPS) is 20.9. The van der Waals surface area contributed by atoms with Gasteiger partial charge in [0.25, 0.3) is 5.56 Å². The van der Waals surface area contributed by atoms with Crippen LogP contribution < -0.4 is 11.2 Å². The molecule has 1 saturated heterocycles. The van der Waals surface area contributed by atoms with E-state index in [-0.39, 0.29) is 24.5 Å². The largest absolute Gasteiger partial charge is 0.394 e. The summed E-state index contributed by atoms with van der Waals surface area (Å²) in [4.78, 5) is 24.9. The van der Waals surface area contributed by atoms with E-state index in [1.54, 1.807) is 6.92 Å². The molecule has 0 spiro atoms. The number of H-pyrrole nitrogens is 2. The summed E-state index contributed by atoms with van der Waals surface area (Å²) >= 11 is 0. The van der Waals surface area contributed by atoms with Gasteiger partial charge in [0.1, 0.15) is 12.6 Å². The predicted octanol–water partition coefficient (Wildman–Crippen LogP) is -1.29. The molecule has 1 aliphatic rings. The highest BCUT2D eigenvalue weighted by Crippen LogP contribution is 2.26. The van der Waals surface area contributed by atoms with Crippen molar-refractivity contribution in [3.8, 4) is 0 Å². The number of aryl methyl sites for hydroxylation is 1. The van der Waals surface area contributed by atoms with Crippen molar-refractivity contribution in [1.29, 1.82) is 0 Å². The maximum Gasteiger partial charge on any atom is 0.330 e. The highest BCUT2D eigenvalue weighted by atomic mass is 16.5. The van der Waals surface area contributed by atoms with Crippen LogP contribution in [0.2, 0.25) is 0 Å². The maximum atomic E-state index is 11.5. The van der Waals surface area contributed by atoms with Crippen LogP contribution in [0.3, 0.4) is 0 Å². The predicted molar refractivity (Wildman–Crippen MR) is 70.5 cm³/mol. The van der Waals surface area contributed by atoms with E-state index in [4.69, 9.17) is 9.84 Å². The number of nitrogens with one attached hydrogen (secondary N) is 2. The molecule has 1 aliphatic heterocycles. The molecule has 0 bridgehead atoms. The van der Waals surface area contributed by atoms with E-state index in [9.17, 15) is 9.59 Å². The molecule has 10 heteroatoms. The van der Waals surface area contributed by atoms with Gasteiger partial charge in [-0.25, -0.2) is 9.89 Å². The minimum absolute atomic E-state index is 0.0480. The monoisotopic (exact) mass is 296 g/mol. The molecule has 0 aliphatic carbocycles. The van der Waals surface area contributed by atoms with Crippen molar-refractivity contribution in [2.75, 3.05) is 6.61 Å². The molecule has 3 rings (SSSR count). The Labute approximate surface area is 118 Å². The SMILES string of the molecule is Cc1cn([C@H]2CC[C@@H](CO)O2)c(=O)[nH]c1=O.c1nnn[nH]1. The number of nitrogens with zero attached hydrogens (tertiary/aromatic N) is 4. The summed E-state index contributed by atoms with van der Waals surface area (Å²) in [6, 6.07) is 0. The molecule has 0 saturated carbocycles. The molecule has 3 heterocycles. The van der Waals surface area contributed by atoms with E-state index in [2.05, 4.69) is 25.6 Å². The third-order valence-electron chi connectivity index (χ3n) is 3.01. The van der Waals surface area contributed by atoms with E-state index in [1.807, 2.05) is 0 Å². The highest BCUT2D eigenvalue weighted by molar-refractivity contribution is 5.01. The molecular formula is C11H16N6O4. The summed E-state index contributed by atoms with van der Waals surface area (Å²) in [5.74, 6) is 0. The lowest BCUT2D eigenvalue weighted by atomic mass is 10.2. The van der Waals surface area contributed by atoms with Crippen LogP contribution in [0.1, 0.15) is 24.6 Å². The van der Waals surface area contributed by atoms with Crippen LogP contribution in [-0.2, 0) is 4.74 Å². The van der Waals surface area contributed by atoms with Crippen molar-refractivity contribution in [2.24, 2.45) is 0 Å². The molecular weight excluding hydrogens is 280 g/mol. The highest BCUT2D eigenvalue weighted by Gasteiger charge is 2.26. The third-order valence-corrected chi connectivity index (χ3v) is 3.01. The quantitative estimate of drug-likeness (QED) is 0.626. The fraction of sp³-hybridized carbons (Fsp3) is 0.545.